The molecular weight excluding hydrogens is 256 g/mol. The van der Waals surface area contributed by atoms with E-state index in [1.165, 1.54) is 36.7 Å². The quantitative estimate of drug-likeness (QED) is 0.726. The highest BCUT2D eigenvalue weighted by molar-refractivity contribution is 6.34. The minimum absolute atomic E-state index is 0.00411. The number of aromatic hydroxyl groups is 1. The average molecular weight is 265 g/mol. The summed E-state index contributed by atoms with van der Waals surface area (Å²) < 4.78 is 0. The predicted molar refractivity (Wildman–Crippen MR) is 68.1 cm³/mol. The molecule has 0 aliphatic carbocycles. The van der Waals surface area contributed by atoms with Crippen molar-refractivity contribution < 1.29 is 9.90 Å². The largest absolute Gasteiger partial charge is 0.508 e. The Kier molecular flexibility index (Phi) is 3.34. The van der Waals surface area contributed by atoms with Crippen LogP contribution in [0, 0.1) is 0 Å². The zero-order chi connectivity index (χ0) is 13.1. The fourth-order valence-corrected chi connectivity index (χ4v) is 1.61. The second-order valence-electron chi connectivity index (χ2n) is 3.54. The Hall–Kier alpha value is -2.27. The maximum Gasteiger partial charge on any atom is 0.261 e. The van der Waals surface area contributed by atoms with Gasteiger partial charge in [-0.1, -0.05) is 11.6 Å². The van der Waals surface area contributed by atoms with Crippen molar-refractivity contribution in [1.82, 2.24) is 4.98 Å². The summed E-state index contributed by atoms with van der Waals surface area (Å²) in [6.45, 7) is 0. The van der Waals surface area contributed by atoms with E-state index >= 15 is 0 Å². The number of rotatable bonds is 2. The van der Waals surface area contributed by atoms with Gasteiger partial charge in [0.2, 0.25) is 0 Å². The highest BCUT2D eigenvalue weighted by atomic mass is 35.5. The third-order valence-corrected chi connectivity index (χ3v) is 2.58. The van der Waals surface area contributed by atoms with Crippen molar-refractivity contribution >= 4 is 23.2 Å². The number of hydrogen-bond acceptors (Lipinski definition) is 3. The lowest BCUT2D eigenvalue weighted by atomic mass is 10.2. The SMILES string of the molecule is O=C(Nc1ccc(O)cc1Cl)c1c[nH]ccc1=O. The topological polar surface area (TPSA) is 82.2 Å². The number of carbonyl (C=O) groups is 1. The number of anilines is 1. The third kappa shape index (κ3) is 2.52. The van der Waals surface area contributed by atoms with Gasteiger partial charge in [-0.2, -0.15) is 0 Å². The van der Waals surface area contributed by atoms with Gasteiger partial charge in [-0.3, -0.25) is 9.59 Å². The van der Waals surface area contributed by atoms with Crippen molar-refractivity contribution in [3.05, 3.63) is 57.5 Å². The van der Waals surface area contributed by atoms with Crippen LogP contribution in [0.3, 0.4) is 0 Å². The van der Waals surface area contributed by atoms with Crippen molar-refractivity contribution in [3.8, 4) is 5.75 Å². The van der Waals surface area contributed by atoms with Crippen LogP contribution in [0.1, 0.15) is 10.4 Å². The lowest BCUT2D eigenvalue weighted by Crippen LogP contribution is -2.20. The number of benzene rings is 1. The van der Waals surface area contributed by atoms with Gasteiger partial charge in [-0.25, -0.2) is 0 Å². The van der Waals surface area contributed by atoms with Gasteiger partial charge in [-0.15, -0.1) is 0 Å². The first-order valence-electron chi connectivity index (χ1n) is 5.05. The van der Waals surface area contributed by atoms with Gasteiger partial charge < -0.3 is 15.4 Å². The molecule has 2 aromatic rings. The summed E-state index contributed by atoms with van der Waals surface area (Å²) in [5, 5.41) is 11.9. The molecule has 1 amide bonds. The van der Waals surface area contributed by atoms with E-state index in [2.05, 4.69) is 10.3 Å². The zero-order valence-corrected chi connectivity index (χ0v) is 9.86. The number of aromatic nitrogens is 1. The predicted octanol–water partition coefficient (Wildman–Crippen LogP) is 1.99. The molecule has 0 aliphatic rings. The second kappa shape index (κ2) is 4.93. The number of hydrogen-bond donors (Lipinski definition) is 3. The van der Waals surface area contributed by atoms with E-state index in [1.54, 1.807) is 0 Å². The van der Waals surface area contributed by atoms with Crippen molar-refractivity contribution in [1.29, 1.82) is 0 Å². The molecule has 0 fully saturated rings. The average Bonchev–Trinajstić information content (AvgIpc) is 2.33. The zero-order valence-electron chi connectivity index (χ0n) is 9.11. The fourth-order valence-electron chi connectivity index (χ4n) is 1.39. The molecule has 5 nitrogen and oxygen atoms in total. The summed E-state index contributed by atoms with van der Waals surface area (Å²) in [5.41, 5.74) is -0.0782. The summed E-state index contributed by atoms with van der Waals surface area (Å²) in [6, 6.07) is 5.39. The molecule has 0 aliphatic heterocycles. The highest BCUT2D eigenvalue weighted by Crippen LogP contribution is 2.26. The van der Waals surface area contributed by atoms with Crippen molar-refractivity contribution in [3.63, 3.8) is 0 Å². The number of halogens is 1. The van der Waals surface area contributed by atoms with E-state index in [0.717, 1.165) is 0 Å². The van der Waals surface area contributed by atoms with E-state index < -0.39 is 5.91 Å². The minimum Gasteiger partial charge on any atom is -0.508 e. The maximum atomic E-state index is 11.8. The monoisotopic (exact) mass is 264 g/mol. The van der Waals surface area contributed by atoms with E-state index in [9.17, 15) is 14.7 Å². The van der Waals surface area contributed by atoms with Gasteiger partial charge in [0.05, 0.1) is 10.7 Å². The van der Waals surface area contributed by atoms with Crippen LogP contribution in [0.4, 0.5) is 5.69 Å². The summed E-state index contributed by atoms with van der Waals surface area (Å²) in [6.07, 6.45) is 2.75. The highest BCUT2D eigenvalue weighted by Gasteiger charge is 2.11. The van der Waals surface area contributed by atoms with Crippen LogP contribution in [-0.4, -0.2) is 16.0 Å². The summed E-state index contributed by atoms with van der Waals surface area (Å²) >= 11 is 5.84. The Morgan fingerprint density at radius 1 is 1.33 bits per heavy atom. The first kappa shape index (κ1) is 12.2. The number of aromatic amines is 1. The van der Waals surface area contributed by atoms with Crippen LogP contribution < -0.4 is 10.7 Å². The van der Waals surface area contributed by atoms with Crippen LogP contribution in [0.15, 0.2) is 41.5 Å². The molecule has 0 atom stereocenters. The number of H-pyrrole nitrogens is 1. The van der Waals surface area contributed by atoms with Crippen LogP contribution in [0.2, 0.25) is 5.02 Å². The lowest BCUT2D eigenvalue weighted by molar-refractivity contribution is 0.102. The summed E-state index contributed by atoms with van der Waals surface area (Å²) in [7, 11) is 0. The Balaban J connectivity index is 2.27. The van der Waals surface area contributed by atoms with Crippen molar-refractivity contribution in [2.75, 3.05) is 5.32 Å². The van der Waals surface area contributed by atoms with Gasteiger partial charge >= 0.3 is 0 Å². The normalized spacial score (nSPS) is 10.1. The van der Waals surface area contributed by atoms with Crippen molar-refractivity contribution in [2.24, 2.45) is 0 Å². The molecule has 1 heterocycles. The molecule has 0 spiro atoms. The van der Waals surface area contributed by atoms with Gasteiger partial charge in [-0.05, 0) is 12.1 Å². The summed E-state index contributed by atoms with van der Waals surface area (Å²) in [4.78, 5) is 25.9. The number of carbonyl (C=O) groups excluding carboxylic acids is 1. The standard InChI is InChI=1S/C12H9ClN2O3/c13-9-5-7(16)1-2-10(9)15-12(18)8-6-14-4-3-11(8)17/h1-6,16H,(H,14,17)(H,15,18). The van der Waals surface area contributed by atoms with E-state index in [0.29, 0.717) is 5.69 Å². The molecular formula is C12H9ClN2O3. The number of amides is 1. The van der Waals surface area contributed by atoms with Crippen molar-refractivity contribution in [2.45, 2.75) is 0 Å². The van der Waals surface area contributed by atoms with Crippen LogP contribution in [0.5, 0.6) is 5.75 Å². The van der Waals surface area contributed by atoms with Crippen LogP contribution in [-0.2, 0) is 0 Å². The molecule has 0 saturated heterocycles. The molecule has 0 radical (unpaired) electrons. The molecule has 18 heavy (non-hydrogen) atoms. The number of phenolic OH excluding ortho intramolecular Hbond substituents is 1. The molecule has 1 aromatic carbocycles. The van der Waals surface area contributed by atoms with Gasteiger partial charge in [0.15, 0.2) is 5.43 Å². The van der Waals surface area contributed by atoms with E-state index in [4.69, 9.17) is 11.6 Å². The van der Waals surface area contributed by atoms with E-state index in [1.807, 2.05) is 0 Å². The Bertz CT molecular complexity index is 652. The minimum atomic E-state index is -0.565. The molecule has 6 heteroatoms. The molecule has 0 unspecified atom stereocenters. The maximum absolute atomic E-state index is 11.8. The first-order valence-corrected chi connectivity index (χ1v) is 5.42. The van der Waals surface area contributed by atoms with Gasteiger partial charge in [0.25, 0.3) is 5.91 Å². The second-order valence-corrected chi connectivity index (χ2v) is 3.95. The molecule has 3 N–H and O–H groups in total. The van der Waals surface area contributed by atoms with E-state index in [-0.39, 0.29) is 21.8 Å². The fraction of sp³-hybridized carbons (Fsp3) is 0. The third-order valence-electron chi connectivity index (χ3n) is 2.27. The number of pyridine rings is 1. The lowest BCUT2D eigenvalue weighted by Gasteiger charge is -2.06. The molecule has 92 valence electrons. The Labute approximate surface area is 107 Å². The van der Waals surface area contributed by atoms with Crippen LogP contribution >= 0.6 is 11.6 Å². The van der Waals surface area contributed by atoms with Gasteiger partial charge in [0, 0.05) is 24.5 Å². The molecule has 1 aromatic heterocycles. The first-order chi connectivity index (χ1) is 8.58. The Morgan fingerprint density at radius 3 is 2.78 bits per heavy atom. The number of phenols is 1. The summed E-state index contributed by atoms with van der Waals surface area (Å²) in [5.74, 6) is -0.569. The molecule has 0 bridgehead atoms. The molecule has 0 saturated carbocycles. The van der Waals surface area contributed by atoms with Gasteiger partial charge in [0.1, 0.15) is 11.3 Å². The Morgan fingerprint density at radius 2 is 2.11 bits per heavy atom. The van der Waals surface area contributed by atoms with Crippen LogP contribution in [0.25, 0.3) is 0 Å². The smallest absolute Gasteiger partial charge is 0.261 e. The number of nitrogens with one attached hydrogen (secondary N) is 2. The molecule has 2 rings (SSSR count).